The number of rotatable bonds is 7. The second kappa shape index (κ2) is 7.09. The van der Waals surface area contributed by atoms with Gasteiger partial charge >= 0.3 is 0 Å². The van der Waals surface area contributed by atoms with E-state index >= 15 is 0 Å². The number of nitrogens with zero attached hydrogens (tertiary/aromatic N) is 1. The normalized spacial score (nSPS) is 13.0. The molecule has 2 aromatic heterocycles. The second-order valence-corrected chi connectivity index (χ2v) is 6.05. The van der Waals surface area contributed by atoms with Gasteiger partial charge in [0.05, 0.1) is 10.2 Å². The standard InChI is InChI=1S/C13H18N2OS2/c1-17-9-11(2-4-16)14-7-10-6-13-12(15-8-10)3-5-18-13/h3,5-6,8,11,14,16H,2,4,7,9H2,1H3. The van der Waals surface area contributed by atoms with E-state index in [0.717, 1.165) is 24.2 Å². The first-order valence-corrected chi connectivity index (χ1v) is 8.26. The van der Waals surface area contributed by atoms with Crippen molar-refractivity contribution in [3.05, 3.63) is 29.3 Å². The summed E-state index contributed by atoms with van der Waals surface area (Å²) in [7, 11) is 0. The van der Waals surface area contributed by atoms with Crippen LogP contribution in [0, 0.1) is 0 Å². The van der Waals surface area contributed by atoms with Gasteiger partial charge in [-0.3, -0.25) is 4.98 Å². The van der Waals surface area contributed by atoms with Crippen LogP contribution >= 0.6 is 23.1 Å². The van der Waals surface area contributed by atoms with Crippen LogP contribution in [0.2, 0.25) is 0 Å². The number of fused-ring (bicyclic) bond motifs is 1. The van der Waals surface area contributed by atoms with Crippen molar-refractivity contribution in [2.24, 2.45) is 0 Å². The lowest BCUT2D eigenvalue weighted by Gasteiger charge is -2.16. The summed E-state index contributed by atoms with van der Waals surface area (Å²) in [6, 6.07) is 4.60. The van der Waals surface area contributed by atoms with Crippen molar-refractivity contribution in [3.8, 4) is 0 Å². The molecule has 3 nitrogen and oxygen atoms in total. The molecule has 0 radical (unpaired) electrons. The highest BCUT2D eigenvalue weighted by atomic mass is 32.2. The Labute approximate surface area is 116 Å². The summed E-state index contributed by atoms with van der Waals surface area (Å²) in [6.07, 6.45) is 4.82. The van der Waals surface area contributed by atoms with Crippen molar-refractivity contribution in [3.63, 3.8) is 0 Å². The summed E-state index contributed by atoms with van der Waals surface area (Å²) in [5.74, 6) is 1.02. The number of aromatic nitrogens is 1. The highest BCUT2D eigenvalue weighted by Crippen LogP contribution is 2.19. The minimum Gasteiger partial charge on any atom is -0.396 e. The molecule has 0 saturated carbocycles. The molecule has 5 heteroatoms. The Hall–Kier alpha value is -0.620. The van der Waals surface area contributed by atoms with Crippen LogP contribution in [0.4, 0.5) is 0 Å². The van der Waals surface area contributed by atoms with Crippen molar-refractivity contribution in [2.75, 3.05) is 18.6 Å². The third kappa shape index (κ3) is 3.68. The van der Waals surface area contributed by atoms with Crippen LogP contribution < -0.4 is 5.32 Å². The molecule has 0 aliphatic carbocycles. The average Bonchev–Trinajstić information content (AvgIpc) is 2.84. The molecule has 0 bridgehead atoms. The van der Waals surface area contributed by atoms with E-state index in [9.17, 15) is 0 Å². The molecule has 2 rings (SSSR count). The van der Waals surface area contributed by atoms with Crippen LogP contribution in [-0.4, -0.2) is 34.7 Å². The van der Waals surface area contributed by atoms with Crippen LogP contribution in [0.3, 0.4) is 0 Å². The first-order valence-electron chi connectivity index (χ1n) is 5.99. The first kappa shape index (κ1) is 13.8. The summed E-state index contributed by atoms with van der Waals surface area (Å²) >= 11 is 3.52. The third-order valence-corrected chi connectivity index (χ3v) is 4.39. The Morgan fingerprint density at radius 3 is 3.22 bits per heavy atom. The summed E-state index contributed by atoms with van der Waals surface area (Å²) in [5, 5.41) is 14.6. The van der Waals surface area contributed by atoms with Gasteiger partial charge < -0.3 is 10.4 Å². The van der Waals surface area contributed by atoms with Crippen molar-refractivity contribution in [1.29, 1.82) is 0 Å². The maximum Gasteiger partial charge on any atom is 0.0809 e. The molecule has 1 atom stereocenters. The Bertz CT molecular complexity index is 481. The predicted molar refractivity (Wildman–Crippen MR) is 80.3 cm³/mol. The summed E-state index contributed by atoms with van der Waals surface area (Å²) in [4.78, 5) is 4.43. The minimum atomic E-state index is 0.237. The van der Waals surface area contributed by atoms with E-state index in [2.05, 4.69) is 28.0 Å². The van der Waals surface area contributed by atoms with E-state index in [1.54, 1.807) is 23.1 Å². The highest BCUT2D eigenvalue weighted by molar-refractivity contribution is 7.98. The number of pyridine rings is 1. The van der Waals surface area contributed by atoms with Gasteiger partial charge in [-0.1, -0.05) is 0 Å². The Balaban J connectivity index is 1.95. The van der Waals surface area contributed by atoms with Crippen LogP contribution in [0.1, 0.15) is 12.0 Å². The van der Waals surface area contributed by atoms with Crippen LogP contribution in [0.15, 0.2) is 23.7 Å². The highest BCUT2D eigenvalue weighted by Gasteiger charge is 2.07. The van der Waals surface area contributed by atoms with E-state index in [0.29, 0.717) is 6.04 Å². The molecule has 18 heavy (non-hydrogen) atoms. The van der Waals surface area contributed by atoms with Crippen LogP contribution in [-0.2, 0) is 6.54 Å². The van der Waals surface area contributed by atoms with Gasteiger partial charge in [-0.15, -0.1) is 11.3 Å². The summed E-state index contributed by atoms with van der Waals surface area (Å²) < 4.78 is 1.23. The molecule has 0 saturated heterocycles. The Morgan fingerprint density at radius 1 is 1.56 bits per heavy atom. The zero-order valence-electron chi connectivity index (χ0n) is 10.4. The number of thioether (sulfide) groups is 1. The lowest BCUT2D eigenvalue weighted by Crippen LogP contribution is -2.31. The molecule has 0 aromatic carbocycles. The summed E-state index contributed by atoms with van der Waals surface area (Å²) in [6.45, 7) is 1.05. The molecule has 0 aliphatic rings. The fourth-order valence-electron chi connectivity index (χ4n) is 1.85. The van der Waals surface area contributed by atoms with Crippen molar-refractivity contribution in [2.45, 2.75) is 19.0 Å². The first-order chi connectivity index (χ1) is 8.83. The SMILES string of the molecule is CSCC(CCO)NCc1cnc2ccsc2c1. The van der Waals surface area contributed by atoms with E-state index in [1.807, 2.05) is 12.3 Å². The molecule has 2 N–H and O–H groups in total. The van der Waals surface area contributed by atoms with Crippen molar-refractivity contribution in [1.82, 2.24) is 10.3 Å². The quantitative estimate of drug-likeness (QED) is 0.819. The predicted octanol–water partition coefficient (Wildman–Crippen LogP) is 2.50. The van der Waals surface area contributed by atoms with Crippen molar-refractivity contribution >= 4 is 33.3 Å². The largest absolute Gasteiger partial charge is 0.396 e. The lowest BCUT2D eigenvalue weighted by atomic mass is 10.2. The summed E-state index contributed by atoms with van der Waals surface area (Å²) in [5.41, 5.74) is 2.27. The molecule has 1 unspecified atom stereocenters. The fourth-order valence-corrected chi connectivity index (χ4v) is 3.34. The van der Waals surface area contributed by atoms with Gasteiger partial charge in [-0.25, -0.2) is 0 Å². The molecule has 0 aliphatic heterocycles. The Morgan fingerprint density at radius 2 is 2.44 bits per heavy atom. The van der Waals surface area contributed by atoms with Crippen LogP contribution in [0.5, 0.6) is 0 Å². The fraction of sp³-hybridized carbons (Fsp3) is 0.462. The van der Waals surface area contributed by atoms with E-state index in [1.165, 1.54) is 10.3 Å². The van der Waals surface area contributed by atoms with E-state index < -0.39 is 0 Å². The van der Waals surface area contributed by atoms with Gasteiger partial charge in [0.2, 0.25) is 0 Å². The molecular weight excluding hydrogens is 264 g/mol. The van der Waals surface area contributed by atoms with E-state index in [-0.39, 0.29) is 6.61 Å². The monoisotopic (exact) mass is 282 g/mol. The van der Waals surface area contributed by atoms with Crippen LogP contribution in [0.25, 0.3) is 10.2 Å². The van der Waals surface area contributed by atoms with Gasteiger partial charge in [0.15, 0.2) is 0 Å². The molecule has 0 fully saturated rings. The lowest BCUT2D eigenvalue weighted by molar-refractivity contribution is 0.270. The molecule has 2 aromatic rings. The number of hydrogen-bond acceptors (Lipinski definition) is 5. The average molecular weight is 282 g/mol. The van der Waals surface area contributed by atoms with Gasteiger partial charge in [0.1, 0.15) is 0 Å². The van der Waals surface area contributed by atoms with Crippen molar-refractivity contribution < 1.29 is 5.11 Å². The van der Waals surface area contributed by atoms with E-state index in [4.69, 9.17) is 5.11 Å². The number of hydrogen-bond donors (Lipinski definition) is 2. The molecular formula is C13H18N2OS2. The zero-order chi connectivity index (χ0) is 12.8. The van der Waals surface area contributed by atoms with Gasteiger partial charge in [0, 0.05) is 31.1 Å². The molecule has 2 heterocycles. The van der Waals surface area contributed by atoms with Gasteiger partial charge in [-0.05, 0) is 35.8 Å². The molecule has 0 spiro atoms. The van der Waals surface area contributed by atoms with Gasteiger partial charge in [0.25, 0.3) is 0 Å². The van der Waals surface area contributed by atoms with Gasteiger partial charge in [-0.2, -0.15) is 11.8 Å². The number of aliphatic hydroxyl groups is 1. The minimum absolute atomic E-state index is 0.237. The number of thiophene rings is 1. The Kier molecular flexibility index (Phi) is 5.44. The molecule has 0 amide bonds. The number of aliphatic hydroxyl groups excluding tert-OH is 1. The third-order valence-electron chi connectivity index (χ3n) is 2.80. The maximum atomic E-state index is 9.01. The topological polar surface area (TPSA) is 45.1 Å². The zero-order valence-corrected chi connectivity index (χ0v) is 12.1. The second-order valence-electron chi connectivity index (χ2n) is 4.19. The molecule has 98 valence electrons. The maximum absolute atomic E-state index is 9.01. The smallest absolute Gasteiger partial charge is 0.0809 e. The number of nitrogens with one attached hydrogen (secondary N) is 1.